The van der Waals surface area contributed by atoms with Crippen molar-refractivity contribution in [2.24, 2.45) is 7.05 Å². The van der Waals surface area contributed by atoms with E-state index in [4.69, 9.17) is 16.3 Å². The fourth-order valence-corrected chi connectivity index (χ4v) is 2.14. The third-order valence-corrected chi connectivity index (χ3v) is 3.35. The zero-order chi connectivity index (χ0) is 13.8. The predicted octanol–water partition coefficient (Wildman–Crippen LogP) is 2.96. The third-order valence-electron chi connectivity index (χ3n) is 2.94. The van der Waals surface area contributed by atoms with Crippen molar-refractivity contribution >= 4 is 11.6 Å². The summed E-state index contributed by atoms with van der Waals surface area (Å²) in [7, 11) is 1.87. The highest BCUT2D eigenvalue weighted by Crippen LogP contribution is 2.27. The maximum atomic E-state index is 6.18. The molecule has 0 fully saturated rings. The summed E-state index contributed by atoms with van der Waals surface area (Å²) in [6.07, 6.45) is 3.59. The summed E-state index contributed by atoms with van der Waals surface area (Å²) in [5.41, 5.74) is 3.12. The molecule has 0 unspecified atom stereocenters. The van der Waals surface area contributed by atoms with Gasteiger partial charge in [0.15, 0.2) is 0 Å². The Morgan fingerprint density at radius 3 is 2.74 bits per heavy atom. The summed E-state index contributed by atoms with van der Waals surface area (Å²) in [5, 5.41) is 8.79. The summed E-state index contributed by atoms with van der Waals surface area (Å²) in [5.74, 6) is 0.910. The molecule has 0 radical (unpaired) electrons. The first-order valence-corrected chi connectivity index (χ1v) is 6.75. The molecule has 0 bridgehead atoms. The lowest BCUT2D eigenvalue weighted by Gasteiger charge is -2.12. The Labute approximate surface area is 118 Å². The maximum absolute atomic E-state index is 6.18. The van der Waals surface area contributed by atoms with Crippen molar-refractivity contribution in [1.29, 1.82) is 0 Å². The molecule has 0 spiro atoms. The van der Waals surface area contributed by atoms with Gasteiger partial charge in [-0.15, -0.1) is 5.10 Å². The first-order valence-electron chi connectivity index (χ1n) is 6.37. The van der Waals surface area contributed by atoms with E-state index in [1.54, 1.807) is 4.68 Å². The van der Waals surface area contributed by atoms with Crippen LogP contribution >= 0.6 is 11.6 Å². The van der Waals surface area contributed by atoms with Gasteiger partial charge in [0.05, 0.1) is 12.3 Å². The number of aromatic nitrogens is 3. The number of ether oxygens (including phenoxy) is 1. The van der Waals surface area contributed by atoms with Crippen molar-refractivity contribution in [2.75, 3.05) is 6.61 Å². The van der Waals surface area contributed by atoms with E-state index in [0.29, 0.717) is 6.61 Å². The van der Waals surface area contributed by atoms with Gasteiger partial charge >= 0.3 is 0 Å². The van der Waals surface area contributed by atoms with Crippen LogP contribution in [0.3, 0.4) is 0 Å². The van der Waals surface area contributed by atoms with Crippen molar-refractivity contribution in [3.05, 3.63) is 40.2 Å². The van der Waals surface area contributed by atoms with E-state index in [1.807, 2.05) is 39.2 Å². The molecule has 0 N–H and O–H groups in total. The van der Waals surface area contributed by atoms with Crippen LogP contribution < -0.4 is 4.74 Å². The lowest BCUT2D eigenvalue weighted by molar-refractivity contribution is 0.336. The molecular formula is C14H18ClN3O. The molecule has 0 saturated carbocycles. The van der Waals surface area contributed by atoms with Crippen LogP contribution in [0.5, 0.6) is 5.75 Å². The minimum Gasteiger partial charge on any atom is -0.494 e. The Kier molecular flexibility index (Phi) is 4.43. The fourth-order valence-electron chi connectivity index (χ4n) is 1.95. The van der Waals surface area contributed by atoms with Gasteiger partial charge in [0.1, 0.15) is 5.75 Å². The second-order valence-corrected chi connectivity index (χ2v) is 4.93. The van der Waals surface area contributed by atoms with E-state index in [0.717, 1.165) is 40.4 Å². The van der Waals surface area contributed by atoms with Crippen LogP contribution in [-0.4, -0.2) is 21.6 Å². The molecule has 5 heteroatoms. The lowest BCUT2D eigenvalue weighted by Crippen LogP contribution is -2.00. The van der Waals surface area contributed by atoms with E-state index in [9.17, 15) is 0 Å². The monoisotopic (exact) mass is 279 g/mol. The highest BCUT2D eigenvalue weighted by atomic mass is 35.5. The average Bonchev–Trinajstić information content (AvgIpc) is 2.78. The number of rotatable bonds is 5. The van der Waals surface area contributed by atoms with E-state index in [2.05, 4.69) is 10.3 Å². The van der Waals surface area contributed by atoms with Crippen LogP contribution in [0.2, 0.25) is 5.02 Å². The minimum absolute atomic E-state index is 0.652. The summed E-state index contributed by atoms with van der Waals surface area (Å²) >= 11 is 6.18. The normalized spacial score (nSPS) is 10.7. The van der Waals surface area contributed by atoms with Gasteiger partial charge in [-0.25, -0.2) is 0 Å². The first kappa shape index (κ1) is 13.9. The number of hydrogen-bond acceptors (Lipinski definition) is 3. The van der Waals surface area contributed by atoms with Gasteiger partial charge in [-0.2, -0.15) is 0 Å². The van der Waals surface area contributed by atoms with Gasteiger partial charge in [-0.3, -0.25) is 4.68 Å². The molecule has 102 valence electrons. The number of hydrogen-bond donors (Lipinski definition) is 0. The molecule has 19 heavy (non-hydrogen) atoms. The molecule has 2 rings (SSSR count). The van der Waals surface area contributed by atoms with Crippen molar-refractivity contribution in [3.8, 4) is 5.75 Å². The highest BCUT2D eigenvalue weighted by Gasteiger charge is 2.09. The zero-order valence-electron chi connectivity index (χ0n) is 11.5. The second-order valence-electron chi connectivity index (χ2n) is 4.53. The largest absolute Gasteiger partial charge is 0.494 e. The van der Waals surface area contributed by atoms with Crippen LogP contribution in [0, 0.1) is 6.92 Å². The number of benzene rings is 1. The maximum Gasteiger partial charge on any atom is 0.122 e. The van der Waals surface area contributed by atoms with Gasteiger partial charge in [0.25, 0.3) is 0 Å². The number of halogens is 1. The number of aryl methyl sites for hydroxylation is 4. The van der Waals surface area contributed by atoms with E-state index in [-0.39, 0.29) is 0 Å². The SMILES string of the molecule is CCOc1cc(C)c(Cl)cc1CCc1cn(C)nn1. The molecule has 0 amide bonds. The van der Waals surface area contributed by atoms with Crippen LogP contribution in [0.15, 0.2) is 18.3 Å². The zero-order valence-corrected chi connectivity index (χ0v) is 12.2. The summed E-state index contributed by atoms with van der Waals surface area (Å²) in [6.45, 7) is 4.62. The Morgan fingerprint density at radius 2 is 2.11 bits per heavy atom. The molecule has 4 nitrogen and oxygen atoms in total. The molecule has 0 atom stereocenters. The molecule has 2 aromatic rings. The highest BCUT2D eigenvalue weighted by molar-refractivity contribution is 6.31. The third kappa shape index (κ3) is 3.47. The average molecular weight is 280 g/mol. The van der Waals surface area contributed by atoms with Crippen molar-refractivity contribution in [3.63, 3.8) is 0 Å². The van der Waals surface area contributed by atoms with Gasteiger partial charge < -0.3 is 4.74 Å². The van der Waals surface area contributed by atoms with E-state index in [1.165, 1.54) is 0 Å². The minimum atomic E-state index is 0.652. The molecule has 0 saturated heterocycles. The summed E-state index contributed by atoms with van der Waals surface area (Å²) in [4.78, 5) is 0. The topological polar surface area (TPSA) is 39.9 Å². The standard InChI is InChI=1S/C14H18ClN3O/c1-4-19-14-7-10(2)13(15)8-11(14)5-6-12-9-18(3)17-16-12/h7-9H,4-6H2,1-3H3. The lowest BCUT2D eigenvalue weighted by atomic mass is 10.1. The predicted molar refractivity (Wildman–Crippen MR) is 75.8 cm³/mol. The fraction of sp³-hybridized carbons (Fsp3) is 0.429. The first-order chi connectivity index (χ1) is 9.10. The van der Waals surface area contributed by atoms with Gasteiger partial charge in [-0.05, 0) is 49.9 Å². The molecule has 0 aliphatic heterocycles. The Morgan fingerprint density at radius 1 is 1.32 bits per heavy atom. The van der Waals surface area contributed by atoms with Crippen molar-refractivity contribution < 1.29 is 4.74 Å². The quantitative estimate of drug-likeness (QED) is 0.845. The van der Waals surface area contributed by atoms with E-state index >= 15 is 0 Å². The molecule has 1 heterocycles. The van der Waals surface area contributed by atoms with Crippen LogP contribution in [0.1, 0.15) is 23.7 Å². The Bertz CT molecular complexity index is 566. The van der Waals surface area contributed by atoms with Gasteiger partial charge in [0.2, 0.25) is 0 Å². The smallest absolute Gasteiger partial charge is 0.122 e. The van der Waals surface area contributed by atoms with Crippen molar-refractivity contribution in [1.82, 2.24) is 15.0 Å². The van der Waals surface area contributed by atoms with Crippen LogP contribution in [0.25, 0.3) is 0 Å². The van der Waals surface area contributed by atoms with Gasteiger partial charge in [-0.1, -0.05) is 16.8 Å². The van der Waals surface area contributed by atoms with Crippen LogP contribution in [0.4, 0.5) is 0 Å². The Balaban J connectivity index is 2.16. The molecule has 0 aliphatic rings. The second kappa shape index (κ2) is 6.06. The molecular weight excluding hydrogens is 262 g/mol. The summed E-state index contributed by atoms with van der Waals surface area (Å²) < 4.78 is 7.38. The Hall–Kier alpha value is -1.55. The molecule has 0 aliphatic carbocycles. The molecule has 1 aromatic heterocycles. The van der Waals surface area contributed by atoms with Crippen molar-refractivity contribution in [2.45, 2.75) is 26.7 Å². The molecule has 1 aromatic carbocycles. The van der Waals surface area contributed by atoms with E-state index < -0.39 is 0 Å². The van der Waals surface area contributed by atoms with Gasteiger partial charge in [0, 0.05) is 18.3 Å². The number of nitrogens with zero attached hydrogens (tertiary/aromatic N) is 3. The summed E-state index contributed by atoms with van der Waals surface area (Å²) in [6, 6.07) is 3.98. The van der Waals surface area contributed by atoms with Crippen LogP contribution in [-0.2, 0) is 19.9 Å².